The highest BCUT2D eigenvalue weighted by Crippen LogP contribution is 2.25. The van der Waals surface area contributed by atoms with Gasteiger partial charge in [0.15, 0.2) is 0 Å². The summed E-state index contributed by atoms with van der Waals surface area (Å²) in [5, 5.41) is 9.99. The molecular weight excluding hydrogens is 279 g/mol. The predicted octanol–water partition coefficient (Wildman–Crippen LogP) is 4.42. The largest absolute Gasteiger partial charge is 0.489 e. The van der Waals surface area contributed by atoms with Gasteiger partial charge in [-0.3, -0.25) is 0 Å². The number of hydrogen-bond donors (Lipinski definition) is 1. The Morgan fingerprint density at radius 1 is 1.25 bits per heavy atom. The highest BCUT2D eigenvalue weighted by atomic mass is 35.5. The van der Waals surface area contributed by atoms with E-state index in [9.17, 15) is 9.50 Å². The summed E-state index contributed by atoms with van der Waals surface area (Å²) < 4.78 is 18.8. The molecule has 2 rings (SSSR count). The molecule has 1 N–H and O–H groups in total. The van der Waals surface area contributed by atoms with Gasteiger partial charge in [-0.25, -0.2) is 4.39 Å². The minimum atomic E-state index is -0.514. The van der Waals surface area contributed by atoms with Gasteiger partial charge in [0.05, 0.1) is 6.10 Å². The molecule has 2 aromatic rings. The molecule has 106 valence electrons. The van der Waals surface area contributed by atoms with E-state index >= 15 is 0 Å². The first-order valence-corrected chi connectivity index (χ1v) is 6.70. The zero-order chi connectivity index (χ0) is 14.7. The van der Waals surface area contributed by atoms with Gasteiger partial charge in [-0.15, -0.1) is 0 Å². The van der Waals surface area contributed by atoms with Crippen LogP contribution in [0.4, 0.5) is 4.39 Å². The van der Waals surface area contributed by atoms with Gasteiger partial charge in [-0.1, -0.05) is 17.7 Å². The van der Waals surface area contributed by atoms with Crippen LogP contribution >= 0.6 is 11.6 Å². The molecule has 0 unspecified atom stereocenters. The first kappa shape index (κ1) is 14.8. The fourth-order valence-electron chi connectivity index (χ4n) is 1.90. The third-order valence-electron chi connectivity index (χ3n) is 3.07. The normalized spacial score (nSPS) is 12.2. The number of benzene rings is 2. The average Bonchev–Trinajstić information content (AvgIpc) is 2.40. The van der Waals surface area contributed by atoms with Crippen LogP contribution in [0.25, 0.3) is 0 Å². The van der Waals surface area contributed by atoms with Crippen molar-refractivity contribution in [3.05, 3.63) is 63.9 Å². The van der Waals surface area contributed by atoms with Crippen molar-refractivity contribution in [2.45, 2.75) is 26.6 Å². The van der Waals surface area contributed by atoms with Gasteiger partial charge in [0.25, 0.3) is 0 Å². The van der Waals surface area contributed by atoms with Crippen molar-refractivity contribution >= 4 is 11.6 Å². The fraction of sp³-hybridized carbons (Fsp3) is 0.250. The van der Waals surface area contributed by atoms with Gasteiger partial charge in [-0.05, 0) is 55.3 Å². The molecule has 0 bridgehead atoms. The number of hydrogen-bond acceptors (Lipinski definition) is 2. The number of halogens is 2. The summed E-state index contributed by atoms with van der Waals surface area (Å²) in [5.74, 6) is 0.351. The first-order valence-electron chi connectivity index (χ1n) is 6.32. The van der Waals surface area contributed by atoms with Gasteiger partial charge in [0.1, 0.15) is 18.2 Å². The van der Waals surface area contributed by atoms with Gasteiger partial charge < -0.3 is 9.84 Å². The third kappa shape index (κ3) is 3.50. The summed E-state index contributed by atoms with van der Waals surface area (Å²) in [5.41, 5.74) is 2.35. The average molecular weight is 295 g/mol. The van der Waals surface area contributed by atoms with Crippen LogP contribution in [-0.4, -0.2) is 5.11 Å². The van der Waals surface area contributed by atoms with Crippen LogP contribution in [-0.2, 0) is 6.61 Å². The van der Waals surface area contributed by atoms with Gasteiger partial charge in [0.2, 0.25) is 0 Å². The van der Waals surface area contributed by atoms with E-state index in [0.717, 1.165) is 11.1 Å². The molecule has 0 saturated heterocycles. The van der Waals surface area contributed by atoms with Crippen molar-refractivity contribution in [3.8, 4) is 5.75 Å². The van der Waals surface area contributed by atoms with Crippen LogP contribution in [0.2, 0.25) is 5.02 Å². The summed E-state index contributed by atoms with van der Waals surface area (Å²) in [6.07, 6.45) is -0.514. The Hall–Kier alpha value is -1.58. The lowest BCUT2D eigenvalue weighted by molar-refractivity contribution is 0.199. The monoisotopic (exact) mass is 294 g/mol. The summed E-state index contributed by atoms with van der Waals surface area (Å²) in [7, 11) is 0. The summed E-state index contributed by atoms with van der Waals surface area (Å²) >= 11 is 5.99. The zero-order valence-electron chi connectivity index (χ0n) is 11.4. The molecule has 0 spiro atoms. The molecule has 4 heteroatoms. The molecule has 0 aliphatic rings. The molecule has 2 nitrogen and oxygen atoms in total. The Balaban J connectivity index is 2.13. The predicted molar refractivity (Wildman–Crippen MR) is 77.6 cm³/mol. The van der Waals surface area contributed by atoms with Crippen LogP contribution in [0.15, 0.2) is 36.4 Å². The molecule has 0 aliphatic carbocycles. The molecule has 0 aliphatic heterocycles. The molecule has 0 amide bonds. The molecule has 0 saturated carbocycles. The molecule has 0 fully saturated rings. The molecule has 20 heavy (non-hydrogen) atoms. The lowest BCUT2D eigenvalue weighted by Crippen LogP contribution is -2.00. The van der Waals surface area contributed by atoms with Crippen molar-refractivity contribution < 1.29 is 14.2 Å². The quantitative estimate of drug-likeness (QED) is 0.904. The van der Waals surface area contributed by atoms with Crippen molar-refractivity contribution in [3.63, 3.8) is 0 Å². The zero-order valence-corrected chi connectivity index (χ0v) is 12.1. The molecule has 2 aromatic carbocycles. The first-order chi connectivity index (χ1) is 9.47. The SMILES string of the molecule is Cc1cc([C@H](C)O)ccc1OCc1cc(F)ccc1Cl. The van der Waals surface area contributed by atoms with E-state index in [1.54, 1.807) is 19.1 Å². The van der Waals surface area contributed by atoms with E-state index in [4.69, 9.17) is 16.3 Å². The van der Waals surface area contributed by atoms with Crippen LogP contribution in [0, 0.1) is 12.7 Å². The van der Waals surface area contributed by atoms with Crippen LogP contribution < -0.4 is 4.74 Å². The summed E-state index contributed by atoms with van der Waals surface area (Å²) in [6.45, 7) is 3.81. The molecule has 0 radical (unpaired) electrons. The smallest absolute Gasteiger partial charge is 0.123 e. The Morgan fingerprint density at radius 3 is 2.65 bits per heavy atom. The second kappa shape index (κ2) is 6.25. The maximum absolute atomic E-state index is 13.2. The van der Waals surface area contributed by atoms with Gasteiger partial charge in [0, 0.05) is 10.6 Å². The fourth-order valence-corrected chi connectivity index (χ4v) is 2.08. The number of ether oxygens (including phenoxy) is 1. The summed E-state index contributed by atoms with van der Waals surface area (Å²) in [4.78, 5) is 0. The Kier molecular flexibility index (Phi) is 4.63. The van der Waals surface area contributed by atoms with E-state index < -0.39 is 6.10 Å². The summed E-state index contributed by atoms with van der Waals surface area (Å²) in [6, 6.07) is 9.66. The highest BCUT2D eigenvalue weighted by molar-refractivity contribution is 6.31. The standard InChI is InChI=1S/C16H16ClFO2/c1-10-7-12(11(2)19)3-6-16(10)20-9-13-8-14(18)4-5-15(13)17/h3-8,11,19H,9H2,1-2H3/t11-/m0/s1. The van der Waals surface area contributed by atoms with E-state index in [1.165, 1.54) is 18.2 Å². The Bertz CT molecular complexity index is 611. The molecule has 1 atom stereocenters. The lowest BCUT2D eigenvalue weighted by atomic mass is 10.1. The second-order valence-corrected chi connectivity index (χ2v) is 5.13. The van der Waals surface area contributed by atoms with E-state index in [-0.39, 0.29) is 12.4 Å². The van der Waals surface area contributed by atoms with E-state index in [2.05, 4.69) is 0 Å². The van der Waals surface area contributed by atoms with Gasteiger partial charge in [-0.2, -0.15) is 0 Å². The van der Waals surface area contributed by atoms with Crippen LogP contribution in [0.5, 0.6) is 5.75 Å². The minimum Gasteiger partial charge on any atom is -0.489 e. The number of aliphatic hydroxyl groups is 1. The van der Waals surface area contributed by atoms with Crippen molar-refractivity contribution in [1.82, 2.24) is 0 Å². The lowest BCUT2D eigenvalue weighted by Gasteiger charge is -2.12. The third-order valence-corrected chi connectivity index (χ3v) is 3.44. The number of aryl methyl sites for hydroxylation is 1. The number of rotatable bonds is 4. The Labute approximate surface area is 122 Å². The molecule has 0 heterocycles. The maximum atomic E-state index is 13.2. The topological polar surface area (TPSA) is 29.5 Å². The number of aliphatic hydroxyl groups excluding tert-OH is 1. The second-order valence-electron chi connectivity index (χ2n) is 4.73. The maximum Gasteiger partial charge on any atom is 0.123 e. The van der Waals surface area contributed by atoms with Crippen LogP contribution in [0.3, 0.4) is 0 Å². The highest BCUT2D eigenvalue weighted by Gasteiger charge is 2.07. The van der Waals surface area contributed by atoms with E-state index in [0.29, 0.717) is 16.3 Å². The Morgan fingerprint density at radius 2 is 2.00 bits per heavy atom. The van der Waals surface area contributed by atoms with Gasteiger partial charge >= 0.3 is 0 Å². The van der Waals surface area contributed by atoms with Crippen LogP contribution in [0.1, 0.15) is 29.7 Å². The molecule has 0 aromatic heterocycles. The van der Waals surface area contributed by atoms with Crippen molar-refractivity contribution in [2.24, 2.45) is 0 Å². The minimum absolute atomic E-state index is 0.200. The van der Waals surface area contributed by atoms with Crippen molar-refractivity contribution in [2.75, 3.05) is 0 Å². The van der Waals surface area contributed by atoms with E-state index in [1.807, 2.05) is 13.0 Å². The van der Waals surface area contributed by atoms with Crippen molar-refractivity contribution in [1.29, 1.82) is 0 Å². The molecular formula is C16H16ClFO2.